The van der Waals surface area contributed by atoms with Crippen molar-refractivity contribution < 1.29 is 0 Å². The van der Waals surface area contributed by atoms with Gasteiger partial charge in [-0.1, -0.05) is 35.9 Å². The van der Waals surface area contributed by atoms with E-state index in [0.29, 0.717) is 5.82 Å². The Labute approximate surface area is 146 Å². The summed E-state index contributed by atoms with van der Waals surface area (Å²) < 4.78 is 1.49. The third kappa shape index (κ3) is 3.21. The molecule has 3 rings (SSSR count). The summed E-state index contributed by atoms with van der Waals surface area (Å²) in [4.78, 5) is 6.40. The first kappa shape index (κ1) is 16.6. The summed E-state index contributed by atoms with van der Waals surface area (Å²) in [7, 11) is 1.94. The van der Waals surface area contributed by atoms with Gasteiger partial charge in [0, 0.05) is 18.1 Å². The van der Waals surface area contributed by atoms with Crippen LogP contribution in [0.5, 0.6) is 0 Å². The van der Waals surface area contributed by atoms with Crippen LogP contribution in [0.25, 0.3) is 17.0 Å². The molecule has 0 unspecified atom stereocenters. The van der Waals surface area contributed by atoms with Gasteiger partial charge in [-0.05, 0) is 43.7 Å². The van der Waals surface area contributed by atoms with Crippen molar-refractivity contribution in [1.82, 2.24) is 9.55 Å². The molecule has 126 valence electrons. The van der Waals surface area contributed by atoms with Crippen LogP contribution in [-0.4, -0.2) is 22.9 Å². The zero-order chi connectivity index (χ0) is 18.0. The first-order valence-electron chi connectivity index (χ1n) is 8.06. The summed E-state index contributed by atoms with van der Waals surface area (Å²) in [5.74, 6) is 0.702. The second-order valence-corrected chi connectivity index (χ2v) is 6.15. The van der Waals surface area contributed by atoms with Gasteiger partial charge in [0.1, 0.15) is 5.82 Å². The quantitative estimate of drug-likeness (QED) is 0.557. The summed E-state index contributed by atoms with van der Waals surface area (Å²) in [6.45, 7) is 4.10. The van der Waals surface area contributed by atoms with Crippen LogP contribution in [0, 0.1) is 10.8 Å². The minimum Gasteiger partial charge on any atom is -0.329 e. The molecule has 5 heteroatoms. The Morgan fingerprint density at radius 1 is 1.12 bits per heavy atom. The topological polar surface area (TPSA) is 68.8 Å². The fourth-order valence-electron chi connectivity index (χ4n) is 2.85. The number of rotatable bonds is 4. The Morgan fingerprint density at radius 2 is 1.84 bits per heavy atom. The van der Waals surface area contributed by atoms with Crippen molar-refractivity contribution in [1.29, 1.82) is 10.8 Å². The van der Waals surface area contributed by atoms with E-state index in [1.54, 1.807) is 0 Å². The van der Waals surface area contributed by atoms with Crippen molar-refractivity contribution in [2.45, 2.75) is 13.8 Å². The van der Waals surface area contributed by atoms with E-state index in [1.165, 1.54) is 10.1 Å². The van der Waals surface area contributed by atoms with Crippen LogP contribution in [0.3, 0.4) is 0 Å². The molecule has 0 fully saturated rings. The molecule has 0 saturated heterocycles. The number of hydrogen-bond donors (Lipinski definition) is 2. The molecule has 0 atom stereocenters. The molecule has 5 nitrogen and oxygen atoms in total. The SMILES string of the molecule is CC(C)=Cc1ccc2c(N(C)c3ccccc3)nc(=N)n(C=N)c2c1. The summed E-state index contributed by atoms with van der Waals surface area (Å²) >= 11 is 0. The van der Waals surface area contributed by atoms with Gasteiger partial charge in [0.15, 0.2) is 0 Å². The fraction of sp³-hybridized carbons (Fsp3) is 0.150. The van der Waals surface area contributed by atoms with Gasteiger partial charge in [-0.25, -0.2) is 0 Å². The average Bonchev–Trinajstić information content (AvgIpc) is 2.60. The molecule has 0 aliphatic carbocycles. The van der Waals surface area contributed by atoms with E-state index in [4.69, 9.17) is 10.8 Å². The lowest BCUT2D eigenvalue weighted by atomic mass is 10.1. The van der Waals surface area contributed by atoms with E-state index in [-0.39, 0.29) is 5.62 Å². The van der Waals surface area contributed by atoms with Gasteiger partial charge in [-0.3, -0.25) is 15.4 Å². The minimum absolute atomic E-state index is 0.0367. The molecular weight excluding hydrogens is 310 g/mol. The van der Waals surface area contributed by atoms with Crippen molar-refractivity contribution >= 4 is 34.8 Å². The van der Waals surface area contributed by atoms with Crippen molar-refractivity contribution in [3.63, 3.8) is 0 Å². The molecule has 0 radical (unpaired) electrons. The smallest absolute Gasteiger partial charge is 0.229 e. The molecule has 25 heavy (non-hydrogen) atoms. The number of para-hydroxylation sites is 1. The van der Waals surface area contributed by atoms with E-state index < -0.39 is 0 Å². The number of benzene rings is 2. The van der Waals surface area contributed by atoms with E-state index >= 15 is 0 Å². The highest BCUT2D eigenvalue weighted by Gasteiger charge is 2.13. The zero-order valence-electron chi connectivity index (χ0n) is 14.6. The van der Waals surface area contributed by atoms with Crippen LogP contribution in [0.1, 0.15) is 19.4 Å². The predicted octanol–water partition coefficient (Wildman–Crippen LogP) is 4.16. The third-order valence-corrected chi connectivity index (χ3v) is 4.01. The van der Waals surface area contributed by atoms with Crippen LogP contribution >= 0.6 is 0 Å². The number of aromatic nitrogens is 2. The molecular formula is C20H21N5. The van der Waals surface area contributed by atoms with Crippen molar-refractivity contribution in [2.75, 3.05) is 11.9 Å². The van der Waals surface area contributed by atoms with Crippen LogP contribution in [0.4, 0.5) is 11.5 Å². The maximum atomic E-state index is 8.22. The largest absolute Gasteiger partial charge is 0.329 e. The lowest BCUT2D eigenvalue weighted by Gasteiger charge is -2.21. The van der Waals surface area contributed by atoms with Gasteiger partial charge in [0.25, 0.3) is 0 Å². The van der Waals surface area contributed by atoms with Gasteiger partial charge < -0.3 is 4.90 Å². The third-order valence-electron chi connectivity index (χ3n) is 4.01. The molecule has 0 aliphatic rings. The van der Waals surface area contributed by atoms with Crippen molar-refractivity contribution in [3.05, 3.63) is 65.3 Å². The van der Waals surface area contributed by atoms with Crippen LogP contribution in [0.2, 0.25) is 0 Å². The molecule has 2 N–H and O–H groups in total. The summed E-state index contributed by atoms with van der Waals surface area (Å²) in [5.41, 5.74) is 4.07. The first-order valence-corrected chi connectivity index (χ1v) is 8.06. The Bertz CT molecular complexity index is 1010. The maximum absolute atomic E-state index is 8.22. The Kier molecular flexibility index (Phi) is 4.48. The molecule has 0 saturated carbocycles. The Morgan fingerprint density at radius 3 is 2.48 bits per heavy atom. The van der Waals surface area contributed by atoms with Gasteiger partial charge in [0.2, 0.25) is 5.62 Å². The molecule has 1 heterocycles. The van der Waals surface area contributed by atoms with Crippen LogP contribution < -0.4 is 10.5 Å². The van der Waals surface area contributed by atoms with E-state index in [2.05, 4.69) is 11.1 Å². The minimum atomic E-state index is 0.0367. The van der Waals surface area contributed by atoms with Crippen LogP contribution in [0.15, 0.2) is 54.1 Å². The molecule has 0 spiro atoms. The second-order valence-electron chi connectivity index (χ2n) is 6.15. The average molecular weight is 331 g/mol. The lowest BCUT2D eigenvalue weighted by molar-refractivity contribution is 0.915. The first-order chi connectivity index (χ1) is 12.0. The van der Waals surface area contributed by atoms with E-state index in [0.717, 1.165) is 28.5 Å². The van der Waals surface area contributed by atoms with Gasteiger partial charge in [-0.15, -0.1) is 0 Å². The molecule has 0 amide bonds. The van der Waals surface area contributed by atoms with Crippen molar-refractivity contribution in [2.24, 2.45) is 0 Å². The van der Waals surface area contributed by atoms with E-state index in [1.807, 2.05) is 74.3 Å². The summed E-state index contributed by atoms with van der Waals surface area (Å²) in [5, 5.41) is 16.8. The number of hydrogen-bond acceptors (Lipinski definition) is 4. The number of fused-ring (bicyclic) bond motifs is 1. The van der Waals surface area contributed by atoms with Gasteiger partial charge in [0.05, 0.1) is 11.9 Å². The lowest BCUT2D eigenvalue weighted by Crippen LogP contribution is -2.26. The molecule has 2 aromatic carbocycles. The Balaban J connectivity index is 2.29. The molecule has 0 bridgehead atoms. The number of allylic oxidation sites excluding steroid dienone is 1. The standard InChI is InChI=1S/C20H21N5/c1-14(2)11-15-9-10-17-18(12-15)25(13-21)20(22)23-19(17)24(3)16-7-5-4-6-8-16/h4-13,21-22H,1-3H3. The van der Waals surface area contributed by atoms with Gasteiger partial charge >= 0.3 is 0 Å². The van der Waals surface area contributed by atoms with Crippen LogP contribution in [-0.2, 0) is 0 Å². The second kappa shape index (κ2) is 6.73. The molecule has 1 aromatic heterocycles. The fourth-order valence-corrected chi connectivity index (χ4v) is 2.85. The van der Waals surface area contributed by atoms with E-state index in [9.17, 15) is 0 Å². The molecule has 3 aromatic rings. The maximum Gasteiger partial charge on any atom is 0.229 e. The predicted molar refractivity (Wildman–Crippen MR) is 104 cm³/mol. The normalized spacial score (nSPS) is 10.5. The summed E-state index contributed by atoms with van der Waals surface area (Å²) in [6.07, 6.45) is 3.22. The highest BCUT2D eigenvalue weighted by atomic mass is 15.2. The summed E-state index contributed by atoms with van der Waals surface area (Å²) in [6, 6.07) is 16.0. The Hall–Kier alpha value is -3.21. The van der Waals surface area contributed by atoms with Crippen molar-refractivity contribution in [3.8, 4) is 0 Å². The highest BCUT2D eigenvalue weighted by Crippen LogP contribution is 2.28. The monoisotopic (exact) mass is 331 g/mol. The number of nitrogens with one attached hydrogen (secondary N) is 2. The molecule has 0 aliphatic heterocycles. The highest BCUT2D eigenvalue weighted by molar-refractivity contribution is 5.95. The zero-order valence-corrected chi connectivity index (χ0v) is 14.6. The number of nitrogens with zero attached hydrogens (tertiary/aromatic N) is 3. The van der Waals surface area contributed by atoms with Gasteiger partial charge in [-0.2, -0.15) is 4.98 Å². The number of anilines is 2.